The Bertz CT molecular complexity index is 685. The lowest BCUT2D eigenvalue weighted by molar-refractivity contribution is -0.121. The van der Waals surface area contributed by atoms with Gasteiger partial charge in [0.2, 0.25) is 5.91 Å². The van der Waals surface area contributed by atoms with Crippen LogP contribution in [-0.4, -0.2) is 29.6 Å². The maximum Gasteiger partial charge on any atom is 0.335 e. The van der Waals surface area contributed by atoms with Crippen molar-refractivity contribution in [3.8, 4) is 5.75 Å². The molecule has 2 aromatic rings. The van der Waals surface area contributed by atoms with E-state index in [1.807, 2.05) is 37.3 Å². The van der Waals surface area contributed by atoms with E-state index >= 15 is 0 Å². The van der Waals surface area contributed by atoms with Gasteiger partial charge in [0, 0.05) is 6.42 Å². The van der Waals surface area contributed by atoms with Crippen LogP contribution in [0.1, 0.15) is 29.3 Å². The van der Waals surface area contributed by atoms with E-state index in [1.165, 1.54) is 0 Å². The van der Waals surface area contributed by atoms with Gasteiger partial charge in [0.05, 0.1) is 12.1 Å². The standard InChI is InChI=1S/C19H21NO4/c1-14(24-16-8-3-2-4-9-16)13-20-18(21)12-11-15-7-5-6-10-17(15)19(22)23/h2-10,14H,11-13H2,1H3,(H,20,21)(H,22,23). The van der Waals surface area contributed by atoms with Crippen LogP contribution in [0.5, 0.6) is 5.75 Å². The van der Waals surface area contributed by atoms with E-state index < -0.39 is 5.97 Å². The number of nitrogens with one attached hydrogen (secondary N) is 1. The van der Waals surface area contributed by atoms with E-state index in [2.05, 4.69) is 5.32 Å². The number of para-hydroxylation sites is 1. The molecule has 0 aliphatic heterocycles. The molecule has 1 atom stereocenters. The predicted molar refractivity (Wildman–Crippen MR) is 91.3 cm³/mol. The summed E-state index contributed by atoms with van der Waals surface area (Å²) in [5.41, 5.74) is 0.903. The van der Waals surface area contributed by atoms with Crippen LogP contribution in [0.15, 0.2) is 54.6 Å². The summed E-state index contributed by atoms with van der Waals surface area (Å²) in [5, 5.41) is 11.9. The summed E-state index contributed by atoms with van der Waals surface area (Å²) in [7, 11) is 0. The molecule has 5 heteroatoms. The van der Waals surface area contributed by atoms with Crippen LogP contribution in [0.2, 0.25) is 0 Å². The average molecular weight is 327 g/mol. The number of aryl methyl sites for hydroxylation is 1. The van der Waals surface area contributed by atoms with Crippen LogP contribution < -0.4 is 10.1 Å². The van der Waals surface area contributed by atoms with Gasteiger partial charge in [0.1, 0.15) is 11.9 Å². The van der Waals surface area contributed by atoms with E-state index in [-0.39, 0.29) is 24.0 Å². The molecule has 2 rings (SSSR count). The molecular weight excluding hydrogens is 306 g/mol. The zero-order valence-electron chi connectivity index (χ0n) is 13.6. The van der Waals surface area contributed by atoms with Crippen LogP contribution in [0.25, 0.3) is 0 Å². The molecule has 0 fully saturated rings. The van der Waals surface area contributed by atoms with Gasteiger partial charge in [-0.3, -0.25) is 4.79 Å². The van der Waals surface area contributed by atoms with Gasteiger partial charge in [-0.1, -0.05) is 36.4 Å². The van der Waals surface area contributed by atoms with Crippen LogP contribution >= 0.6 is 0 Å². The Kier molecular flexibility index (Phi) is 6.37. The molecular formula is C19H21NO4. The molecule has 0 aliphatic carbocycles. The van der Waals surface area contributed by atoms with Crippen LogP contribution in [0, 0.1) is 0 Å². The summed E-state index contributed by atoms with van der Waals surface area (Å²) in [4.78, 5) is 23.1. The lowest BCUT2D eigenvalue weighted by Crippen LogP contribution is -2.33. The first kappa shape index (κ1) is 17.5. The number of carboxylic acid groups (broad SMARTS) is 1. The normalized spacial score (nSPS) is 11.5. The summed E-state index contributed by atoms with van der Waals surface area (Å²) in [5.74, 6) is -0.343. The average Bonchev–Trinajstić information content (AvgIpc) is 2.59. The molecule has 0 aromatic heterocycles. The third-order valence-electron chi connectivity index (χ3n) is 3.54. The number of amides is 1. The monoisotopic (exact) mass is 327 g/mol. The fraction of sp³-hybridized carbons (Fsp3) is 0.263. The van der Waals surface area contributed by atoms with E-state index in [1.54, 1.807) is 24.3 Å². The Morgan fingerprint density at radius 2 is 1.75 bits per heavy atom. The number of hydrogen-bond acceptors (Lipinski definition) is 3. The van der Waals surface area contributed by atoms with Crippen molar-refractivity contribution in [1.82, 2.24) is 5.32 Å². The van der Waals surface area contributed by atoms with Gasteiger partial charge in [-0.2, -0.15) is 0 Å². The second-order valence-corrected chi connectivity index (χ2v) is 5.51. The molecule has 0 spiro atoms. The van der Waals surface area contributed by atoms with Crippen molar-refractivity contribution < 1.29 is 19.4 Å². The van der Waals surface area contributed by atoms with Crippen LogP contribution in [0.4, 0.5) is 0 Å². The second kappa shape index (κ2) is 8.72. The minimum absolute atomic E-state index is 0.126. The Hall–Kier alpha value is -2.82. The lowest BCUT2D eigenvalue weighted by Gasteiger charge is -2.15. The molecule has 1 amide bonds. The number of ether oxygens (including phenoxy) is 1. The van der Waals surface area contributed by atoms with Crippen molar-refractivity contribution in [3.63, 3.8) is 0 Å². The highest BCUT2D eigenvalue weighted by Gasteiger charge is 2.11. The second-order valence-electron chi connectivity index (χ2n) is 5.51. The highest BCUT2D eigenvalue weighted by atomic mass is 16.5. The van der Waals surface area contributed by atoms with Crippen molar-refractivity contribution in [1.29, 1.82) is 0 Å². The van der Waals surface area contributed by atoms with Gasteiger partial charge in [-0.25, -0.2) is 4.79 Å². The summed E-state index contributed by atoms with van der Waals surface area (Å²) in [6, 6.07) is 16.1. The van der Waals surface area contributed by atoms with E-state index in [9.17, 15) is 9.59 Å². The molecule has 24 heavy (non-hydrogen) atoms. The highest BCUT2D eigenvalue weighted by molar-refractivity contribution is 5.89. The number of hydrogen-bond donors (Lipinski definition) is 2. The first-order valence-electron chi connectivity index (χ1n) is 7.86. The van der Waals surface area contributed by atoms with Crippen molar-refractivity contribution in [2.45, 2.75) is 25.9 Å². The summed E-state index contributed by atoms with van der Waals surface area (Å²) < 4.78 is 5.69. The molecule has 0 heterocycles. The topological polar surface area (TPSA) is 75.6 Å². The largest absolute Gasteiger partial charge is 0.489 e. The lowest BCUT2D eigenvalue weighted by atomic mass is 10.0. The molecule has 0 saturated carbocycles. The quantitative estimate of drug-likeness (QED) is 0.782. The Morgan fingerprint density at radius 3 is 2.46 bits per heavy atom. The molecule has 2 aromatic carbocycles. The fourth-order valence-electron chi connectivity index (χ4n) is 2.31. The molecule has 0 aliphatic rings. The van der Waals surface area contributed by atoms with E-state index in [0.717, 1.165) is 5.75 Å². The van der Waals surface area contributed by atoms with Gasteiger partial charge >= 0.3 is 5.97 Å². The zero-order chi connectivity index (χ0) is 17.4. The van der Waals surface area contributed by atoms with Gasteiger partial charge in [-0.15, -0.1) is 0 Å². The van der Waals surface area contributed by atoms with E-state index in [0.29, 0.717) is 18.5 Å². The van der Waals surface area contributed by atoms with Crippen molar-refractivity contribution >= 4 is 11.9 Å². The van der Waals surface area contributed by atoms with Gasteiger partial charge in [0.25, 0.3) is 0 Å². The SMILES string of the molecule is CC(CNC(=O)CCc1ccccc1C(=O)O)Oc1ccccc1. The van der Waals surface area contributed by atoms with Gasteiger partial charge in [0.15, 0.2) is 0 Å². The number of carbonyl (C=O) groups is 2. The fourth-order valence-corrected chi connectivity index (χ4v) is 2.31. The summed E-state index contributed by atoms with van der Waals surface area (Å²) >= 11 is 0. The van der Waals surface area contributed by atoms with E-state index in [4.69, 9.17) is 9.84 Å². The molecule has 126 valence electrons. The maximum atomic E-state index is 11.9. The smallest absolute Gasteiger partial charge is 0.335 e. The minimum Gasteiger partial charge on any atom is -0.489 e. The van der Waals surface area contributed by atoms with Gasteiger partial charge in [-0.05, 0) is 37.1 Å². The maximum absolute atomic E-state index is 11.9. The first-order chi connectivity index (χ1) is 11.6. The molecule has 5 nitrogen and oxygen atoms in total. The summed E-state index contributed by atoms with van der Waals surface area (Å²) in [6.45, 7) is 2.28. The van der Waals surface area contributed by atoms with Crippen LogP contribution in [-0.2, 0) is 11.2 Å². The highest BCUT2D eigenvalue weighted by Crippen LogP contribution is 2.12. The minimum atomic E-state index is -0.976. The number of carbonyl (C=O) groups excluding carboxylic acids is 1. The third-order valence-corrected chi connectivity index (χ3v) is 3.54. The number of aromatic carboxylic acids is 1. The molecule has 1 unspecified atom stereocenters. The number of benzene rings is 2. The van der Waals surface area contributed by atoms with Crippen molar-refractivity contribution in [3.05, 3.63) is 65.7 Å². The molecule has 0 bridgehead atoms. The first-order valence-corrected chi connectivity index (χ1v) is 7.86. The number of rotatable bonds is 8. The Balaban J connectivity index is 1.77. The van der Waals surface area contributed by atoms with Crippen molar-refractivity contribution in [2.75, 3.05) is 6.54 Å². The zero-order valence-corrected chi connectivity index (χ0v) is 13.6. The van der Waals surface area contributed by atoms with Crippen molar-refractivity contribution in [2.24, 2.45) is 0 Å². The Labute approximate surface area is 141 Å². The molecule has 2 N–H and O–H groups in total. The Morgan fingerprint density at radius 1 is 1.08 bits per heavy atom. The molecule has 0 saturated heterocycles. The van der Waals surface area contributed by atoms with Crippen LogP contribution in [0.3, 0.4) is 0 Å². The van der Waals surface area contributed by atoms with Gasteiger partial charge < -0.3 is 15.2 Å². The molecule has 0 radical (unpaired) electrons. The number of carboxylic acids is 1. The summed E-state index contributed by atoms with van der Waals surface area (Å²) in [6.07, 6.45) is 0.479. The third kappa shape index (κ3) is 5.43. The predicted octanol–water partition coefficient (Wildman–Crippen LogP) is 2.90.